The maximum atomic E-state index is 5.82. The lowest BCUT2D eigenvalue weighted by Crippen LogP contribution is -2.35. The van der Waals surface area contributed by atoms with E-state index < -0.39 is 0 Å². The Bertz CT molecular complexity index is 325. The maximum Gasteiger partial charge on any atom is 0.185 e. The first-order valence-electron chi connectivity index (χ1n) is 6.08. The molecule has 0 amide bonds. The van der Waals surface area contributed by atoms with Crippen molar-refractivity contribution in [3.05, 3.63) is 11.1 Å². The van der Waals surface area contributed by atoms with Crippen molar-refractivity contribution >= 4 is 28.1 Å². The van der Waals surface area contributed by atoms with Crippen LogP contribution in [0.1, 0.15) is 31.9 Å². The molecule has 0 spiro atoms. The van der Waals surface area contributed by atoms with E-state index in [-0.39, 0.29) is 0 Å². The SMILES string of the molecule is CCc1csc(N2CCCC(CCCl)C2)n1. The minimum atomic E-state index is 0.764. The second-order valence-electron chi connectivity index (χ2n) is 4.41. The third-order valence-electron chi connectivity index (χ3n) is 3.21. The number of nitrogens with zero attached hydrogens (tertiary/aromatic N) is 2. The van der Waals surface area contributed by atoms with Crippen molar-refractivity contribution in [2.24, 2.45) is 5.92 Å². The Balaban J connectivity index is 1.98. The molecule has 0 bridgehead atoms. The van der Waals surface area contributed by atoms with Gasteiger partial charge in [-0.05, 0) is 31.6 Å². The number of hydrogen-bond donors (Lipinski definition) is 0. The van der Waals surface area contributed by atoms with E-state index in [9.17, 15) is 0 Å². The Morgan fingerprint density at radius 2 is 2.50 bits per heavy atom. The number of halogens is 1. The Kier molecular flexibility index (Phi) is 4.47. The molecule has 1 aromatic rings. The normalized spacial score (nSPS) is 21.4. The van der Waals surface area contributed by atoms with E-state index in [2.05, 4.69) is 22.2 Å². The summed E-state index contributed by atoms with van der Waals surface area (Å²) in [7, 11) is 0. The predicted molar refractivity (Wildman–Crippen MR) is 71.8 cm³/mol. The van der Waals surface area contributed by atoms with Crippen LogP contribution in [-0.4, -0.2) is 24.0 Å². The minimum Gasteiger partial charge on any atom is -0.348 e. The zero-order valence-electron chi connectivity index (χ0n) is 9.79. The fourth-order valence-electron chi connectivity index (χ4n) is 2.23. The number of rotatable bonds is 4. The molecule has 4 heteroatoms. The Hall–Kier alpha value is -0.280. The predicted octanol–water partition coefficient (Wildman–Crippen LogP) is 3.55. The standard InChI is InChI=1S/C12H19ClN2S/c1-2-11-9-16-12(14-11)15-7-3-4-10(8-15)5-6-13/h9-10H,2-8H2,1H3. The summed E-state index contributed by atoms with van der Waals surface area (Å²) in [6, 6.07) is 0. The number of piperidine rings is 1. The van der Waals surface area contributed by atoms with E-state index >= 15 is 0 Å². The largest absolute Gasteiger partial charge is 0.348 e. The van der Waals surface area contributed by atoms with Gasteiger partial charge in [0.15, 0.2) is 5.13 Å². The van der Waals surface area contributed by atoms with Crippen LogP contribution in [0.5, 0.6) is 0 Å². The third kappa shape index (κ3) is 2.89. The number of aryl methyl sites for hydroxylation is 1. The van der Waals surface area contributed by atoms with Crippen molar-refractivity contribution in [3.63, 3.8) is 0 Å². The molecule has 0 aliphatic carbocycles. The molecular weight excluding hydrogens is 240 g/mol. The number of thiazole rings is 1. The van der Waals surface area contributed by atoms with E-state index in [1.165, 1.54) is 23.7 Å². The summed E-state index contributed by atoms with van der Waals surface area (Å²) < 4.78 is 0. The first kappa shape index (κ1) is 12.2. The first-order valence-corrected chi connectivity index (χ1v) is 7.50. The van der Waals surface area contributed by atoms with Gasteiger partial charge in [0.05, 0.1) is 5.69 Å². The van der Waals surface area contributed by atoms with Gasteiger partial charge in [0.25, 0.3) is 0 Å². The van der Waals surface area contributed by atoms with E-state index in [0.29, 0.717) is 0 Å². The highest BCUT2D eigenvalue weighted by molar-refractivity contribution is 7.13. The molecule has 1 aliphatic rings. The van der Waals surface area contributed by atoms with Crippen molar-refractivity contribution in [1.82, 2.24) is 4.98 Å². The van der Waals surface area contributed by atoms with E-state index in [1.54, 1.807) is 11.3 Å². The van der Waals surface area contributed by atoms with E-state index in [0.717, 1.165) is 37.7 Å². The van der Waals surface area contributed by atoms with Gasteiger partial charge in [-0.25, -0.2) is 4.98 Å². The van der Waals surface area contributed by atoms with Crippen molar-refractivity contribution in [3.8, 4) is 0 Å². The summed E-state index contributed by atoms with van der Waals surface area (Å²) in [4.78, 5) is 7.09. The molecule has 2 nitrogen and oxygen atoms in total. The molecule has 16 heavy (non-hydrogen) atoms. The number of alkyl halides is 1. The van der Waals surface area contributed by atoms with Crippen LogP contribution in [0.4, 0.5) is 5.13 Å². The summed E-state index contributed by atoms with van der Waals surface area (Å²) >= 11 is 7.61. The zero-order chi connectivity index (χ0) is 11.4. The lowest BCUT2D eigenvalue weighted by Gasteiger charge is -2.32. The van der Waals surface area contributed by atoms with Gasteiger partial charge >= 0.3 is 0 Å². The molecular formula is C12H19ClN2S. The number of aromatic nitrogens is 1. The molecule has 0 aromatic carbocycles. The van der Waals surface area contributed by atoms with Gasteiger partial charge in [-0.15, -0.1) is 22.9 Å². The van der Waals surface area contributed by atoms with Crippen LogP contribution in [0.15, 0.2) is 5.38 Å². The Labute approximate surface area is 107 Å². The lowest BCUT2D eigenvalue weighted by atomic mass is 9.96. The summed E-state index contributed by atoms with van der Waals surface area (Å²) in [5, 5.41) is 3.39. The molecule has 0 radical (unpaired) electrons. The molecule has 0 N–H and O–H groups in total. The van der Waals surface area contributed by atoms with Crippen molar-refractivity contribution in [2.75, 3.05) is 23.9 Å². The molecule has 2 rings (SSSR count). The van der Waals surface area contributed by atoms with Gasteiger partial charge in [-0.1, -0.05) is 6.92 Å². The van der Waals surface area contributed by atoms with Crippen LogP contribution < -0.4 is 4.90 Å². The van der Waals surface area contributed by atoms with Gasteiger partial charge in [0.2, 0.25) is 0 Å². The molecule has 1 saturated heterocycles. The van der Waals surface area contributed by atoms with E-state index in [4.69, 9.17) is 11.6 Å². The fraction of sp³-hybridized carbons (Fsp3) is 0.750. The monoisotopic (exact) mass is 258 g/mol. The van der Waals surface area contributed by atoms with Crippen LogP contribution in [0.3, 0.4) is 0 Å². The summed E-state index contributed by atoms with van der Waals surface area (Å²) in [6.07, 6.45) is 4.79. The highest BCUT2D eigenvalue weighted by atomic mass is 35.5. The summed E-state index contributed by atoms with van der Waals surface area (Å²) in [5.74, 6) is 1.55. The van der Waals surface area contributed by atoms with Crippen LogP contribution in [-0.2, 0) is 6.42 Å². The first-order chi connectivity index (χ1) is 7.83. The molecule has 90 valence electrons. The van der Waals surface area contributed by atoms with Crippen LogP contribution in [0.25, 0.3) is 0 Å². The highest BCUT2D eigenvalue weighted by Crippen LogP contribution is 2.27. The van der Waals surface area contributed by atoms with Gasteiger partial charge in [-0.3, -0.25) is 0 Å². The number of anilines is 1. The zero-order valence-corrected chi connectivity index (χ0v) is 11.4. The molecule has 2 heterocycles. The highest BCUT2D eigenvalue weighted by Gasteiger charge is 2.21. The molecule has 1 atom stereocenters. The number of hydrogen-bond acceptors (Lipinski definition) is 3. The van der Waals surface area contributed by atoms with Gasteiger partial charge in [0.1, 0.15) is 0 Å². The second kappa shape index (κ2) is 5.87. The topological polar surface area (TPSA) is 16.1 Å². The van der Waals surface area contributed by atoms with Crippen LogP contribution >= 0.6 is 22.9 Å². The quantitative estimate of drug-likeness (QED) is 0.768. The average Bonchev–Trinajstić information content (AvgIpc) is 2.78. The fourth-order valence-corrected chi connectivity index (χ4v) is 3.49. The minimum absolute atomic E-state index is 0.764. The van der Waals surface area contributed by atoms with Crippen LogP contribution in [0, 0.1) is 5.92 Å². The van der Waals surface area contributed by atoms with E-state index in [1.807, 2.05) is 0 Å². The smallest absolute Gasteiger partial charge is 0.185 e. The molecule has 0 saturated carbocycles. The van der Waals surface area contributed by atoms with Crippen molar-refractivity contribution in [2.45, 2.75) is 32.6 Å². The maximum absolute atomic E-state index is 5.82. The molecule has 1 aromatic heterocycles. The lowest BCUT2D eigenvalue weighted by molar-refractivity contribution is 0.406. The summed E-state index contributed by atoms with van der Waals surface area (Å²) in [5.41, 5.74) is 1.22. The van der Waals surface area contributed by atoms with Crippen molar-refractivity contribution in [1.29, 1.82) is 0 Å². The van der Waals surface area contributed by atoms with Gasteiger partial charge < -0.3 is 4.90 Å². The molecule has 1 fully saturated rings. The second-order valence-corrected chi connectivity index (χ2v) is 5.62. The Morgan fingerprint density at radius 3 is 3.19 bits per heavy atom. The van der Waals surface area contributed by atoms with Gasteiger partial charge in [-0.2, -0.15) is 0 Å². The van der Waals surface area contributed by atoms with Crippen LogP contribution in [0.2, 0.25) is 0 Å². The van der Waals surface area contributed by atoms with Crippen molar-refractivity contribution < 1.29 is 0 Å². The summed E-state index contributed by atoms with van der Waals surface area (Å²) in [6.45, 7) is 4.46. The van der Waals surface area contributed by atoms with Gasteiger partial charge in [0, 0.05) is 24.3 Å². The molecule has 1 aliphatic heterocycles. The Morgan fingerprint density at radius 1 is 1.62 bits per heavy atom. The average molecular weight is 259 g/mol. The molecule has 1 unspecified atom stereocenters. The third-order valence-corrected chi connectivity index (χ3v) is 4.38.